The Labute approximate surface area is 152 Å². The fourth-order valence-electron chi connectivity index (χ4n) is 2.03. The molecule has 1 amide bonds. The largest absolute Gasteiger partial charge is 0.340 e. The summed E-state index contributed by atoms with van der Waals surface area (Å²) in [5.74, 6) is -0.443. The van der Waals surface area contributed by atoms with Crippen molar-refractivity contribution < 1.29 is 9.18 Å². The third kappa shape index (κ3) is 4.23. The van der Waals surface area contributed by atoms with Gasteiger partial charge in [-0.05, 0) is 36.4 Å². The van der Waals surface area contributed by atoms with Crippen molar-refractivity contribution in [2.45, 2.75) is 0 Å². The molecule has 0 radical (unpaired) electrons. The number of para-hydroxylation sites is 1. The first-order chi connectivity index (χ1) is 12.0. The van der Waals surface area contributed by atoms with E-state index >= 15 is 0 Å². The minimum absolute atomic E-state index is 0.121. The van der Waals surface area contributed by atoms with E-state index < -0.39 is 5.91 Å². The molecule has 2 aromatic carbocycles. The van der Waals surface area contributed by atoms with Crippen LogP contribution in [0, 0.1) is 5.82 Å². The van der Waals surface area contributed by atoms with E-state index in [1.807, 2.05) is 0 Å². The molecule has 5 nitrogen and oxygen atoms in total. The van der Waals surface area contributed by atoms with E-state index in [4.69, 9.17) is 23.2 Å². The van der Waals surface area contributed by atoms with Crippen molar-refractivity contribution in [1.29, 1.82) is 0 Å². The molecular weight excluding hydrogens is 366 g/mol. The highest BCUT2D eigenvalue weighted by Crippen LogP contribution is 2.30. The Balaban J connectivity index is 1.78. The Bertz CT molecular complexity index is 899. The van der Waals surface area contributed by atoms with Gasteiger partial charge >= 0.3 is 0 Å². The Kier molecular flexibility index (Phi) is 5.11. The zero-order valence-electron chi connectivity index (χ0n) is 12.6. The van der Waals surface area contributed by atoms with Crippen LogP contribution in [0.5, 0.6) is 0 Å². The lowest BCUT2D eigenvalue weighted by Crippen LogP contribution is -2.15. The summed E-state index contributed by atoms with van der Waals surface area (Å²) >= 11 is 12.1. The smallest absolute Gasteiger partial charge is 0.274 e. The van der Waals surface area contributed by atoms with E-state index in [1.54, 1.807) is 30.3 Å². The number of hydrogen-bond acceptors (Lipinski definition) is 4. The number of aromatic nitrogens is 2. The fraction of sp³-hybridized carbons (Fsp3) is 0. The van der Waals surface area contributed by atoms with Gasteiger partial charge in [-0.25, -0.2) is 14.4 Å². The van der Waals surface area contributed by atoms with Crippen molar-refractivity contribution in [3.8, 4) is 0 Å². The number of carbonyl (C=O) groups is 1. The Morgan fingerprint density at radius 3 is 2.36 bits per heavy atom. The fourth-order valence-corrected chi connectivity index (χ4v) is 2.52. The summed E-state index contributed by atoms with van der Waals surface area (Å²) in [5.41, 5.74) is 1.05. The molecule has 0 aliphatic heterocycles. The molecular formula is C17H11Cl2FN4O. The number of carbonyl (C=O) groups excluding carboxylic acids is 1. The molecule has 126 valence electrons. The SMILES string of the molecule is O=C(Nc1c(Cl)cccc1Cl)c1cc(Nc2ccc(F)cc2)ncn1. The average Bonchev–Trinajstić information content (AvgIpc) is 2.60. The quantitative estimate of drug-likeness (QED) is 0.678. The van der Waals surface area contributed by atoms with Gasteiger partial charge in [0, 0.05) is 11.8 Å². The maximum absolute atomic E-state index is 12.9. The Hall–Kier alpha value is -2.70. The van der Waals surface area contributed by atoms with Gasteiger partial charge in [-0.1, -0.05) is 29.3 Å². The van der Waals surface area contributed by atoms with Crippen LogP contribution in [-0.2, 0) is 0 Å². The Morgan fingerprint density at radius 2 is 1.68 bits per heavy atom. The van der Waals surface area contributed by atoms with Gasteiger partial charge in [0.25, 0.3) is 5.91 Å². The summed E-state index contributed by atoms with van der Waals surface area (Å²) in [6, 6.07) is 12.1. The van der Waals surface area contributed by atoms with Crippen LogP contribution < -0.4 is 10.6 Å². The second-order valence-corrected chi connectivity index (χ2v) is 5.79. The number of amides is 1. The number of halogens is 3. The first-order valence-electron chi connectivity index (χ1n) is 7.13. The van der Waals surface area contributed by atoms with E-state index in [0.29, 0.717) is 27.2 Å². The number of nitrogens with zero attached hydrogens (tertiary/aromatic N) is 2. The van der Waals surface area contributed by atoms with Gasteiger partial charge in [0.15, 0.2) is 0 Å². The molecule has 0 aliphatic carbocycles. The molecule has 8 heteroatoms. The van der Waals surface area contributed by atoms with Gasteiger partial charge in [0.05, 0.1) is 15.7 Å². The maximum atomic E-state index is 12.9. The minimum Gasteiger partial charge on any atom is -0.340 e. The summed E-state index contributed by atoms with van der Waals surface area (Å²) in [7, 11) is 0. The Morgan fingerprint density at radius 1 is 1.00 bits per heavy atom. The minimum atomic E-state index is -0.487. The van der Waals surface area contributed by atoms with Gasteiger partial charge in [-0.2, -0.15) is 0 Å². The topological polar surface area (TPSA) is 66.9 Å². The lowest BCUT2D eigenvalue weighted by Gasteiger charge is -2.10. The molecule has 0 fully saturated rings. The highest BCUT2D eigenvalue weighted by Gasteiger charge is 2.13. The van der Waals surface area contributed by atoms with Crippen LogP contribution in [0.25, 0.3) is 0 Å². The molecule has 0 saturated carbocycles. The second-order valence-electron chi connectivity index (χ2n) is 4.97. The molecule has 0 bridgehead atoms. The monoisotopic (exact) mass is 376 g/mol. The van der Waals surface area contributed by atoms with Crippen LogP contribution in [0.15, 0.2) is 54.9 Å². The summed E-state index contributed by atoms with van der Waals surface area (Å²) < 4.78 is 12.9. The van der Waals surface area contributed by atoms with Crippen molar-refractivity contribution in [1.82, 2.24) is 9.97 Å². The highest BCUT2D eigenvalue weighted by atomic mass is 35.5. The number of hydrogen-bond donors (Lipinski definition) is 2. The molecule has 3 rings (SSSR count). The third-order valence-corrected chi connectivity index (χ3v) is 3.85. The summed E-state index contributed by atoms with van der Waals surface area (Å²) in [6.07, 6.45) is 1.25. The molecule has 2 N–H and O–H groups in total. The zero-order valence-corrected chi connectivity index (χ0v) is 14.1. The first kappa shape index (κ1) is 17.1. The van der Waals surface area contributed by atoms with E-state index in [0.717, 1.165) is 0 Å². The van der Waals surface area contributed by atoms with Crippen molar-refractivity contribution >= 4 is 46.3 Å². The summed E-state index contributed by atoms with van der Waals surface area (Å²) in [6.45, 7) is 0. The molecule has 0 saturated heterocycles. The number of benzene rings is 2. The predicted molar refractivity (Wildman–Crippen MR) is 96.1 cm³/mol. The van der Waals surface area contributed by atoms with Crippen molar-refractivity contribution in [2.24, 2.45) is 0 Å². The van der Waals surface area contributed by atoms with Gasteiger partial charge in [0.1, 0.15) is 23.7 Å². The normalized spacial score (nSPS) is 10.4. The van der Waals surface area contributed by atoms with Gasteiger partial charge in [0.2, 0.25) is 0 Å². The summed E-state index contributed by atoms with van der Waals surface area (Å²) in [5, 5.41) is 6.22. The number of anilines is 3. The molecule has 0 spiro atoms. The second kappa shape index (κ2) is 7.46. The zero-order chi connectivity index (χ0) is 17.8. The molecule has 0 unspecified atom stereocenters. The van der Waals surface area contributed by atoms with Crippen molar-refractivity contribution in [3.05, 3.63) is 76.4 Å². The predicted octanol–water partition coefficient (Wildman–Crippen LogP) is 4.92. The van der Waals surface area contributed by atoms with E-state index in [9.17, 15) is 9.18 Å². The molecule has 1 heterocycles. The van der Waals surface area contributed by atoms with Gasteiger partial charge < -0.3 is 10.6 Å². The highest BCUT2D eigenvalue weighted by molar-refractivity contribution is 6.40. The van der Waals surface area contributed by atoms with Crippen LogP contribution >= 0.6 is 23.2 Å². The lowest BCUT2D eigenvalue weighted by molar-refractivity contribution is 0.102. The first-order valence-corrected chi connectivity index (χ1v) is 7.88. The maximum Gasteiger partial charge on any atom is 0.274 e. The molecule has 25 heavy (non-hydrogen) atoms. The van der Waals surface area contributed by atoms with Crippen LogP contribution in [0.2, 0.25) is 10.0 Å². The van der Waals surface area contributed by atoms with Crippen LogP contribution in [-0.4, -0.2) is 15.9 Å². The summed E-state index contributed by atoms with van der Waals surface area (Å²) in [4.78, 5) is 20.3. The molecule has 3 aromatic rings. The number of nitrogens with one attached hydrogen (secondary N) is 2. The van der Waals surface area contributed by atoms with E-state index in [1.165, 1.54) is 24.5 Å². The molecule has 0 aliphatic rings. The molecule has 1 aromatic heterocycles. The average molecular weight is 377 g/mol. The van der Waals surface area contributed by atoms with E-state index in [-0.39, 0.29) is 11.5 Å². The molecule has 0 atom stereocenters. The standard InChI is InChI=1S/C17H11Cl2FN4O/c18-12-2-1-3-13(19)16(12)24-17(25)14-8-15(22-9-21-14)23-11-6-4-10(20)5-7-11/h1-9H,(H,24,25)(H,21,22,23). The van der Waals surface area contributed by atoms with Crippen molar-refractivity contribution in [2.75, 3.05) is 10.6 Å². The third-order valence-electron chi connectivity index (χ3n) is 3.22. The number of rotatable bonds is 4. The van der Waals surface area contributed by atoms with Gasteiger partial charge in [-0.15, -0.1) is 0 Å². The lowest BCUT2D eigenvalue weighted by atomic mass is 10.3. The van der Waals surface area contributed by atoms with Crippen molar-refractivity contribution in [3.63, 3.8) is 0 Å². The van der Waals surface area contributed by atoms with Crippen LogP contribution in [0.3, 0.4) is 0 Å². The van der Waals surface area contributed by atoms with Gasteiger partial charge in [-0.3, -0.25) is 4.79 Å². The van der Waals surface area contributed by atoms with Crippen LogP contribution in [0.4, 0.5) is 21.6 Å². The van der Waals surface area contributed by atoms with E-state index in [2.05, 4.69) is 20.6 Å². The van der Waals surface area contributed by atoms with Crippen LogP contribution in [0.1, 0.15) is 10.5 Å².